The van der Waals surface area contributed by atoms with Crippen molar-refractivity contribution in [2.24, 2.45) is 11.7 Å². The Bertz CT molecular complexity index is 360. The third-order valence-corrected chi connectivity index (χ3v) is 4.26. The largest absolute Gasteiger partial charge is 0.319 e. The van der Waals surface area contributed by atoms with E-state index in [2.05, 4.69) is 6.92 Å². The smallest absolute Gasteiger partial charge is 0.157 e. The quantitative estimate of drug-likeness (QED) is 0.878. The molecule has 1 heterocycles. The number of rotatable bonds is 3. The van der Waals surface area contributed by atoms with Gasteiger partial charge in [0.1, 0.15) is 0 Å². The number of hydrogen-bond donors (Lipinski definition) is 1. The van der Waals surface area contributed by atoms with E-state index in [1.54, 1.807) is 11.3 Å². The summed E-state index contributed by atoms with van der Waals surface area (Å²) in [6, 6.07) is 2.01. The van der Waals surface area contributed by atoms with E-state index in [4.69, 9.17) is 5.73 Å². The molecule has 2 atom stereocenters. The predicted molar refractivity (Wildman–Crippen MR) is 67.6 cm³/mol. The van der Waals surface area contributed by atoms with Gasteiger partial charge in [0.15, 0.2) is 5.78 Å². The molecule has 88 valence electrons. The number of hydrogen-bond acceptors (Lipinski definition) is 3. The van der Waals surface area contributed by atoms with Gasteiger partial charge in [-0.05, 0) is 41.1 Å². The van der Waals surface area contributed by atoms with E-state index in [1.165, 1.54) is 6.42 Å². The van der Waals surface area contributed by atoms with Crippen LogP contribution in [0.15, 0.2) is 16.8 Å². The van der Waals surface area contributed by atoms with Crippen molar-refractivity contribution in [2.45, 2.75) is 44.6 Å². The molecule has 0 aliphatic heterocycles. The van der Waals surface area contributed by atoms with Gasteiger partial charge in [-0.1, -0.05) is 19.8 Å². The first-order valence-electron chi connectivity index (χ1n) is 5.93. The van der Waals surface area contributed by atoms with E-state index < -0.39 is 5.54 Å². The van der Waals surface area contributed by atoms with Gasteiger partial charge in [0, 0.05) is 6.42 Å². The summed E-state index contributed by atoms with van der Waals surface area (Å²) in [5.41, 5.74) is 6.82. The summed E-state index contributed by atoms with van der Waals surface area (Å²) < 4.78 is 0. The van der Waals surface area contributed by atoms with E-state index in [9.17, 15) is 4.79 Å². The van der Waals surface area contributed by atoms with Crippen LogP contribution in [0.3, 0.4) is 0 Å². The van der Waals surface area contributed by atoms with Gasteiger partial charge in [-0.2, -0.15) is 11.3 Å². The highest BCUT2D eigenvalue weighted by atomic mass is 32.1. The maximum Gasteiger partial charge on any atom is 0.157 e. The molecule has 0 saturated heterocycles. The number of carbonyl (C=O) groups is 1. The number of ketones is 1. The molecule has 0 aromatic carbocycles. The highest BCUT2D eigenvalue weighted by molar-refractivity contribution is 7.08. The minimum atomic E-state index is -0.556. The highest BCUT2D eigenvalue weighted by Crippen LogP contribution is 2.31. The van der Waals surface area contributed by atoms with Gasteiger partial charge in [-0.25, -0.2) is 0 Å². The van der Waals surface area contributed by atoms with Crippen LogP contribution in [0.5, 0.6) is 0 Å². The molecule has 1 aliphatic carbocycles. The van der Waals surface area contributed by atoms with Crippen molar-refractivity contribution in [2.75, 3.05) is 0 Å². The Hall–Kier alpha value is -0.670. The van der Waals surface area contributed by atoms with Crippen LogP contribution in [0.2, 0.25) is 0 Å². The minimum absolute atomic E-state index is 0.220. The lowest BCUT2D eigenvalue weighted by Gasteiger charge is -2.35. The van der Waals surface area contributed by atoms with Crippen molar-refractivity contribution in [3.63, 3.8) is 0 Å². The Labute approximate surface area is 101 Å². The van der Waals surface area contributed by atoms with Crippen LogP contribution in [0.1, 0.15) is 38.2 Å². The number of thiophene rings is 1. The topological polar surface area (TPSA) is 43.1 Å². The molecule has 2 unspecified atom stereocenters. The van der Waals surface area contributed by atoms with E-state index >= 15 is 0 Å². The standard InChI is InChI=1S/C13H19NOS/c1-10-3-2-5-13(14,8-10)12(15)7-11-4-6-16-9-11/h4,6,9-10H,2-3,5,7-8,14H2,1H3. The first-order valence-corrected chi connectivity index (χ1v) is 6.88. The second kappa shape index (κ2) is 4.68. The van der Waals surface area contributed by atoms with E-state index in [-0.39, 0.29) is 5.78 Å². The van der Waals surface area contributed by atoms with Crippen molar-refractivity contribution in [1.29, 1.82) is 0 Å². The molecular formula is C13H19NOS. The summed E-state index contributed by atoms with van der Waals surface area (Å²) in [5, 5.41) is 4.04. The minimum Gasteiger partial charge on any atom is -0.319 e. The SMILES string of the molecule is CC1CCCC(N)(C(=O)Cc2ccsc2)C1. The molecule has 1 aromatic heterocycles. The Morgan fingerprint density at radius 2 is 2.50 bits per heavy atom. The lowest BCUT2D eigenvalue weighted by molar-refractivity contribution is -0.125. The average Bonchev–Trinajstić information content (AvgIpc) is 2.70. The van der Waals surface area contributed by atoms with Crippen LogP contribution in [0.4, 0.5) is 0 Å². The molecule has 16 heavy (non-hydrogen) atoms. The predicted octanol–water partition coefficient (Wildman–Crippen LogP) is 2.77. The van der Waals surface area contributed by atoms with Gasteiger partial charge in [0.05, 0.1) is 5.54 Å². The van der Waals surface area contributed by atoms with Crippen LogP contribution < -0.4 is 5.73 Å². The first-order chi connectivity index (χ1) is 7.60. The van der Waals surface area contributed by atoms with Crippen molar-refractivity contribution in [3.8, 4) is 0 Å². The van der Waals surface area contributed by atoms with Gasteiger partial charge in [0.2, 0.25) is 0 Å². The molecule has 0 radical (unpaired) electrons. The maximum atomic E-state index is 12.2. The fourth-order valence-electron chi connectivity index (χ4n) is 2.60. The maximum absolute atomic E-state index is 12.2. The number of nitrogens with two attached hydrogens (primary N) is 1. The monoisotopic (exact) mass is 237 g/mol. The number of Topliss-reactive ketones (excluding diaryl/α,β-unsaturated/α-hetero) is 1. The fraction of sp³-hybridized carbons (Fsp3) is 0.615. The second-order valence-electron chi connectivity index (χ2n) is 5.09. The van der Waals surface area contributed by atoms with Crippen LogP contribution in [-0.2, 0) is 11.2 Å². The molecule has 0 spiro atoms. The fourth-order valence-corrected chi connectivity index (χ4v) is 3.27. The van der Waals surface area contributed by atoms with E-state index in [0.717, 1.165) is 24.8 Å². The molecule has 2 rings (SSSR count). The summed E-state index contributed by atoms with van der Waals surface area (Å²) in [5.74, 6) is 0.808. The molecular weight excluding hydrogens is 218 g/mol. The molecule has 0 bridgehead atoms. The molecule has 2 N–H and O–H groups in total. The normalized spacial score (nSPS) is 30.2. The molecule has 1 saturated carbocycles. The van der Waals surface area contributed by atoms with Gasteiger partial charge in [0.25, 0.3) is 0 Å². The third-order valence-electron chi connectivity index (χ3n) is 3.53. The molecule has 0 amide bonds. The van der Waals surface area contributed by atoms with Gasteiger partial charge < -0.3 is 5.73 Å². The zero-order valence-electron chi connectivity index (χ0n) is 9.74. The zero-order chi connectivity index (χ0) is 11.6. The Kier molecular flexibility index (Phi) is 3.45. The van der Waals surface area contributed by atoms with Gasteiger partial charge in [-0.3, -0.25) is 4.79 Å². The number of carbonyl (C=O) groups excluding carboxylic acids is 1. The van der Waals surface area contributed by atoms with E-state index in [1.807, 2.05) is 16.8 Å². The van der Waals surface area contributed by atoms with Gasteiger partial charge >= 0.3 is 0 Å². The summed E-state index contributed by atoms with van der Waals surface area (Å²) in [7, 11) is 0. The van der Waals surface area contributed by atoms with Crippen molar-refractivity contribution in [3.05, 3.63) is 22.4 Å². The van der Waals surface area contributed by atoms with Crippen LogP contribution >= 0.6 is 11.3 Å². The van der Waals surface area contributed by atoms with Gasteiger partial charge in [-0.15, -0.1) is 0 Å². The van der Waals surface area contributed by atoms with Crippen molar-refractivity contribution in [1.82, 2.24) is 0 Å². The lowest BCUT2D eigenvalue weighted by atomic mass is 9.73. The highest BCUT2D eigenvalue weighted by Gasteiger charge is 2.37. The molecule has 2 nitrogen and oxygen atoms in total. The summed E-state index contributed by atoms with van der Waals surface area (Å²) >= 11 is 1.63. The Morgan fingerprint density at radius 3 is 3.12 bits per heavy atom. The Morgan fingerprint density at radius 1 is 1.69 bits per heavy atom. The average molecular weight is 237 g/mol. The Balaban J connectivity index is 2.02. The lowest BCUT2D eigenvalue weighted by Crippen LogP contribution is -2.51. The van der Waals surface area contributed by atoms with Crippen LogP contribution in [0, 0.1) is 5.92 Å². The first kappa shape index (κ1) is 11.8. The van der Waals surface area contributed by atoms with Crippen molar-refractivity contribution >= 4 is 17.1 Å². The van der Waals surface area contributed by atoms with Crippen molar-refractivity contribution < 1.29 is 4.79 Å². The van der Waals surface area contributed by atoms with Crippen LogP contribution in [-0.4, -0.2) is 11.3 Å². The zero-order valence-corrected chi connectivity index (χ0v) is 10.6. The molecule has 1 aromatic rings. The summed E-state index contributed by atoms with van der Waals surface area (Å²) in [4.78, 5) is 12.2. The summed E-state index contributed by atoms with van der Waals surface area (Å²) in [6.45, 7) is 2.19. The second-order valence-corrected chi connectivity index (χ2v) is 5.87. The third kappa shape index (κ3) is 2.53. The summed E-state index contributed by atoms with van der Waals surface area (Å²) in [6.07, 6.45) is 4.53. The molecule has 1 aliphatic rings. The molecule has 1 fully saturated rings. The molecule has 3 heteroatoms. The van der Waals surface area contributed by atoms with Crippen LogP contribution in [0.25, 0.3) is 0 Å². The van der Waals surface area contributed by atoms with E-state index in [0.29, 0.717) is 12.3 Å².